The number of aldehydes is 1. The zero-order valence-corrected chi connectivity index (χ0v) is 12.5. The second-order valence-corrected chi connectivity index (χ2v) is 5.75. The number of hydrogen-bond acceptors (Lipinski definition) is 3. The summed E-state index contributed by atoms with van der Waals surface area (Å²) < 4.78 is 29.9. The van der Waals surface area contributed by atoms with Crippen molar-refractivity contribution in [3.05, 3.63) is 59.2 Å². The summed E-state index contributed by atoms with van der Waals surface area (Å²) in [5.74, 6) is -1.29. The maximum Gasteiger partial charge on any atom is 0.160 e. The second-order valence-electron chi connectivity index (χ2n) is 4.87. The molecule has 110 valence electrons. The van der Waals surface area contributed by atoms with Gasteiger partial charge in [-0.2, -0.15) is 0 Å². The molecule has 1 N–H and O–H groups in total. The molecule has 0 amide bonds. The Labute approximate surface area is 126 Å². The minimum Gasteiger partial charge on any atom is -0.323 e. The van der Waals surface area contributed by atoms with Crippen LogP contribution in [0.3, 0.4) is 0 Å². The molecule has 0 saturated heterocycles. The van der Waals surface area contributed by atoms with Crippen LogP contribution < -0.4 is 4.72 Å². The molecular weight excluding hydrogens is 292 g/mol. The van der Waals surface area contributed by atoms with Gasteiger partial charge in [0.2, 0.25) is 0 Å². The van der Waals surface area contributed by atoms with E-state index in [-0.39, 0.29) is 12.0 Å². The minimum absolute atomic E-state index is 0.0800. The fraction of sp³-hybridized carbons (Fsp3) is 0.188. The van der Waals surface area contributed by atoms with E-state index >= 15 is 0 Å². The molecule has 21 heavy (non-hydrogen) atoms. The van der Waals surface area contributed by atoms with Gasteiger partial charge in [-0.25, -0.2) is 8.78 Å². The van der Waals surface area contributed by atoms with Crippen molar-refractivity contribution in [3.63, 3.8) is 0 Å². The monoisotopic (exact) mass is 307 g/mol. The zero-order valence-electron chi connectivity index (χ0n) is 11.7. The van der Waals surface area contributed by atoms with Gasteiger partial charge in [0.1, 0.15) is 5.82 Å². The van der Waals surface area contributed by atoms with E-state index in [0.29, 0.717) is 5.92 Å². The molecule has 0 saturated carbocycles. The highest BCUT2D eigenvalue weighted by atomic mass is 32.2. The van der Waals surface area contributed by atoms with Gasteiger partial charge >= 0.3 is 0 Å². The zero-order chi connectivity index (χ0) is 15.4. The summed E-state index contributed by atoms with van der Waals surface area (Å²) in [6.45, 7) is 4.21. The highest BCUT2D eigenvalue weighted by Gasteiger charge is 2.13. The van der Waals surface area contributed by atoms with Crippen LogP contribution in [0.1, 0.15) is 35.7 Å². The minimum atomic E-state index is -0.878. The third-order valence-electron chi connectivity index (χ3n) is 3.07. The third-order valence-corrected chi connectivity index (χ3v) is 3.90. The summed E-state index contributed by atoms with van der Waals surface area (Å²) in [5, 5.41) is 0. The van der Waals surface area contributed by atoms with E-state index in [0.717, 1.165) is 11.0 Å². The number of anilines is 1. The molecule has 0 bridgehead atoms. The van der Waals surface area contributed by atoms with Gasteiger partial charge < -0.3 is 4.72 Å². The fourth-order valence-corrected chi connectivity index (χ4v) is 2.45. The lowest BCUT2D eigenvalue weighted by Crippen LogP contribution is -1.99. The van der Waals surface area contributed by atoms with Gasteiger partial charge in [0.25, 0.3) is 0 Å². The molecule has 0 spiro atoms. The quantitative estimate of drug-likeness (QED) is 0.621. The predicted octanol–water partition coefficient (Wildman–Crippen LogP) is 5.02. The van der Waals surface area contributed by atoms with Crippen molar-refractivity contribution in [2.24, 2.45) is 0 Å². The Balaban J connectivity index is 2.11. The van der Waals surface area contributed by atoms with E-state index in [1.807, 2.05) is 24.3 Å². The van der Waals surface area contributed by atoms with Gasteiger partial charge in [-0.05, 0) is 47.7 Å². The first-order chi connectivity index (χ1) is 10.0. The summed E-state index contributed by atoms with van der Waals surface area (Å²) in [6.07, 6.45) is 0.179. The van der Waals surface area contributed by atoms with Crippen molar-refractivity contribution >= 4 is 23.9 Å². The van der Waals surface area contributed by atoms with Crippen molar-refractivity contribution in [2.75, 3.05) is 4.72 Å². The molecule has 2 aromatic rings. The summed E-state index contributed by atoms with van der Waals surface area (Å²) in [4.78, 5) is 11.6. The van der Waals surface area contributed by atoms with Crippen LogP contribution in [-0.2, 0) is 0 Å². The Bertz CT molecular complexity index is 641. The van der Waals surface area contributed by atoms with Crippen molar-refractivity contribution < 1.29 is 13.6 Å². The number of benzene rings is 2. The summed E-state index contributed by atoms with van der Waals surface area (Å²) in [6, 6.07) is 10.2. The van der Waals surface area contributed by atoms with Crippen LogP contribution in [0.5, 0.6) is 0 Å². The van der Waals surface area contributed by atoms with E-state index < -0.39 is 17.2 Å². The topological polar surface area (TPSA) is 29.1 Å². The van der Waals surface area contributed by atoms with E-state index in [9.17, 15) is 13.6 Å². The lowest BCUT2D eigenvalue weighted by Gasteiger charge is -2.09. The maximum absolute atomic E-state index is 13.9. The summed E-state index contributed by atoms with van der Waals surface area (Å²) in [7, 11) is 0. The van der Waals surface area contributed by atoms with Gasteiger partial charge in [0, 0.05) is 4.90 Å². The molecule has 0 fully saturated rings. The SMILES string of the molecule is CC(C)c1ccc(SNc2ccc(F)c(C=O)c2F)cc1. The smallest absolute Gasteiger partial charge is 0.160 e. The van der Waals surface area contributed by atoms with Gasteiger partial charge in [-0.15, -0.1) is 0 Å². The Kier molecular flexibility index (Phi) is 4.96. The first-order valence-electron chi connectivity index (χ1n) is 6.49. The molecule has 2 rings (SSSR count). The average molecular weight is 307 g/mol. The van der Waals surface area contributed by atoms with Gasteiger partial charge in [-0.1, -0.05) is 26.0 Å². The molecule has 0 unspecified atom stereocenters. The predicted molar refractivity (Wildman–Crippen MR) is 81.8 cm³/mol. The van der Waals surface area contributed by atoms with Gasteiger partial charge in [0.05, 0.1) is 11.3 Å². The number of carbonyl (C=O) groups excluding carboxylic acids is 1. The van der Waals surface area contributed by atoms with Gasteiger partial charge in [-0.3, -0.25) is 4.79 Å². The molecule has 0 atom stereocenters. The normalized spacial score (nSPS) is 10.7. The summed E-state index contributed by atoms with van der Waals surface area (Å²) in [5.41, 5.74) is 0.739. The number of carbonyl (C=O) groups is 1. The first-order valence-corrected chi connectivity index (χ1v) is 7.30. The molecule has 0 heterocycles. The van der Waals surface area contributed by atoms with E-state index in [1.165, 1.54) is 23.6 Å². The van der Waals surface area contributed by atoms with E-state index in [2.05, 4.69) is 18.6 Å². The lowest BCUT2D eigenvalue weighted by atomic mass is 10.0. The Morgan fingerprint density at radius 1 is 1.10 bits per heavy atom. The highest BCUT2D eigenvalue weighted by molar-refractivity contribution is 8.00. The number of rotatable bonds is 5. The summed E-state index contributed by atoms with van der Waals surface area (Å²) >= 11 is 1.20. The molecule has 2 aromatic carbocycles. The Morgan fingerprint density at radius 3 is 2.33 bits per heavy atom. The maximum atomic E-state index is 13.9. The van der Waals surface area contributed by atoms with Crippen LogP contribution in [-0.4, -0.2) is 6.29 Å². The largest absolute Gasteiger partial charge is 0.323 e. The molecule has 5 heteroatoms. The molecular formula is C16H15F2NOS. The van der Waals surface area contributed by atoms with Crippen LogP contribution in [0.2, 0.25) is 0 Å². The Hall–Kier alpha value is -1.88. The van der Waals surface area contributed by atoms with Crippen molar-refractivity contribution in [1.82, 2.24) is 0 Å². The van der Waals surface area contributed by atoms with Crippen molar-refractivity contribution in [1.29, 1.82) is 0 Å². The van der Waals surface area contributed by atoms with Gasteiger partial charge in [0.15, 0.2) is 12.1 Å². The second kappa shape index (κ2) is 6.72. The molecule has 0 radical (unpaired) electrons. The van der Waals surface area contributed by atoms with E-state index in [1.54, 1.807) is 0 Å². The molecule has 0 aliphatic carbocycles. The van der Waals surface area contributed by atoms with Crippen molar-refractivity contribution in [3.8, 4) is 0 Å². The Morgan fingerprint density at radius 2 is 1.76 bits per heavy atom. The average Bonchev–Trinajstić information content (AvgIpc) is 2.47. The standard InChI is InChI=1S/C16H15F2NOS/c1-10(2)11-3-5-12(6-4-11)21-19-15-8-7-14(17)13(9-20)16(15)18/h3-10,19H,1-2H3. The number of hydrogen-bond donors (Lipinski definition) is 1. The molecule has 0 aliphatic rings. The van der Waals surface area contributed by atoms with Crippen LogP contribution in [0, 0.1) is 11.6 Å². The van der Waals surface area contributed by atoms with Crippen molar-refractivity contribution in [2.45, 2.75) is 24.7 Å². The number of halogens is 2. The molecule has 0 aromatic heterocycles. The fourth-order valence-electron chi connectivity index (χ4n) is 1.79. The first kappa shape index (κ1) is 15.5. The highest BCUT2D eigenvalue weighted by Crippen LogP contribution is 2.27. The van der Waals surface area contributed by atoms with E-state index in [4.69, 9.17) is 0 Å². The van der Waals surface area contributed by atoms with Crippen LogP contribution in [0.4, 0.5) is 14.5 Å². The van der Waals surface area contributed by atoms with Crippen LogP contribution >= 0.6 is 11.9 Å². The van der Waals surface area contributed by atoms with Crippen LogP contribution in [0.25, 0.3) is 0 Å². The molecule has 2 nitrogen and oxygen atoms in total. The third kappa shape index (κ3) is 3.61. The molecule has 0 aliphatic heterocycles. The van der Waals surface area contributed by atoms with Crippen LogP contribution in [0.15, 0.2) is 41.3 Å². The number of nitrogens with one attached hydrogen (secondary N) is 1. The lowest BCUT2D eigenvalue weighted by molar-refractivity contribution is 0.111.